The lowest BCUT2D eigenvalue weighted by atomic mass is 10.1. The first kappa shape index (κ1) is 16.1. The minimum Gasteiger partial charge on any atom is -0.465 e. The number of rotatable bonds is 5. The quantitative estimate of drug-likeness (QED) is 0.478. The fraction of sp³-hybridized carbons (Fsp3) is 0.176. The molecule has 0 aliphatic carbocycles. The van der Waals surface area contributed by atoms with Crippen molar-refractivity contribution in [3.05, 3.63) is 59.7 Å². The standard InChI is InChI=1S/C17H16O4S/c1-12(18)21-14-7-9-15(10-8-14)22-11-13-5-3-4-6-16(13)17(19)20-2/h3-10H,11H2,1-2H3. The maximum absolute atomic E-state index is 11.7. The van der Waals surface area contributed by atoms with Gasteiger partial charge in [-0.05, 0) is 35.9 Å². The molecule has 0 atom stereocenters. The predicted octanol–water partition coefficient (Wildman–Crippen LogP) is 3.69. The Morgan fingerprint density at radius 2 is 1.73 bits per heavy atom. The molecule has 0 heterocycles. The van der Waals surface area contributed by atoms with Crippen LogP contribution in [0.5, 0.6) is 5.75 Å². The van der Waals surface area contributed by atoms with E-state index in [-0.39, 0.29) is 11.9 Å². The highest BCUT2D eigenvalue weighted by Crippen LogP contribution is 2.26. The second-order valence-corrected chi connectivity index (χ2v) is 5.55. The summed E-state index contributed by atoms with van der Waals surface area (Å²) >= 11 is 1.59. The van der Waals surface area contributed by atoms with Gasteiger partial charge in [-0.15, -0.1) is 11.8 Å². The van der Waals surface area contributed by atoms with Crippen molar-refractivity contribution in [2.75, 3.05) is 7.11 Å². The van der Waals surface area contributed by atoms with Crippen LogP contribution >= 0.6 is 11.8 Å². The van der Waals surface area contributed by atoms with Gasteiger partial charge in [0.05, 0.1) is 12.7 Å². The number of ether oxygens (including phenoxy) is 2. The van der Waals surface area contributed by atoms with Gasteiger partial charge in [0.25, 0.3) is 0 Å². The minimum absolute atomic E-state index is 0.332. The van der Waals surface area contributed by atoms with Gasteiger partial charge < -0.3 is 9.47 Å². The summed E-state index contributed by atoms with van der Waals surface area (Å²) in [5.41, 5.74) is 1.50. The number of carbonyl (C=O) groups excluding carboxylic acids is 2. The molecule has 22 heavy (non-hydrogen) atoms. The first-order chi connectivity index (χ1) is 10.6. The SMILES string of the molecule is COC(=O)c1ccccc1CSc1ccc(OC(C)=O)cc1. The average Bonchev–Trinajstić information content (AvgIpc) is 2.53. The van der Waals surface area contributed by atoms with Crippen molar-refractivity contribution in [1.29, 1.82) is 0 Å². The Labute approximate surface area is 133 Å². The molecule has 2 aromatic carbocycles. The van der Waals surface area contributed by atoms with Crippen molar-refractivity contribution >= 4 is 23.7 Å². The van der Waals surface area contributed by atoms with E-state index in [0.29, 0.717) is 17.1 Å². The predicted molar refractivity (Wildman–Crippen MR) is 85.1 cm³/mol. The van der Waals surface area contributed by atoms with Gasteiger partial charge in [0.2, 0.25) is 0 Å². The van der Waals surface area contributed by atoms with Gasteiger partial charge in [-0.25, -0.2) is 4.79 Å². The first-order valence-electron chi connectivity index (χ1n) is 6.67. The van der Waals surface area contributed by atoms with Gasteiger partial charge in [0.1, 0.15) is 5.75 Å². The molecule has 0 aromatic heterocycles. The molecule has 0 unspecified atom stereocenters. The van der Waals surface area contributed by atoms with Crippen molar-refractivity contribution in [2.24, 2.45) is 0 Å². The zero-order chi connectivity index (χ0) is 15.9. The molecule has 0 radical (unpaired) electrons. The maximum atomic E-state index is 11.7. The first-order valence-corrected chi connectivity index (χ1v) is 7.66. The van der Waals surface area contributed by atoms with Crippen molar-refractivity contribution < 1.29 is 19.1 Å². The van der Waals surface area contributed by atoms with Crippen LogP contribution in [0.25, 0.3) is 0 Å². The Balaban J connectivity index is 2.04. The Hall–Kier alpha value is -2.27. The van der Waals surface area contributed by atoms with Crippen LogP contribution in [0, 0.1) is 0 Å². The number of hydrogen-bond acceptors (Lipinski definition) is 5. The number of thioether (sulfide) groups is 1. The molecule has 4 nitrogen and oxygen atoms in total. The molecule has 0 spiro atoms. The third-order valence-corrected chi connectivity index (χ3v) is 3.96. The van der Waals surface area contributed by atoms with E-state index < -0.39 is 0 Å². The van der Waals surface area contributed by atoms with Gasteiger partial charge in [-0.1, -0.05) is 18.2 Å². The molecule has 0 saturated carbocycles. The number of esters is 2. The lowest BCUT2D eigenvalue weighted by Gasteiger charge is -2.08. The van der Waals surface area contributed by atoms with E-state index >= 15 is 0 Å². The zero-order valence-electron chi connectivity index (χ0n) is 12.4. The van der Waals surface area contributed by atoms with Crippen LogP contribution in [-0.4, -0.2) is 19.0 Å². The maximum Gasteiger partial charge on any atom is 0.338 e. The topological polar surface area (TPSA) is 52.6 Å². The molecule has 0 N–H and O–H groups in total. The molecule has 2 rings (SSSR count). The Morgan fingerprint density at radius 3 is 2.36 bits per heavy atom. The Kier molecular flexibility index (Phi) is 5.61. The smallest absolute Gasteiger partial charge is 0.338 e. The number of hydrogen-bond donors (Lipinski definition) is 0. The summed E-state index contributed by atoms with van der Waals surface area (Å²) in [4.78, 5) is 23.6. The van der Waals surface area contributed by atoms with Crippen molar-refractivity contribution in [3.63, 3.8) is 0 Å². The molecule has 0 amide bonds. The van der Waals surface area contributed by atoms with Crippen LogP contribution in [0.4, 0.5) is 0 Å². The lowest BCUT2D eigenvalue weighted by Crippen LogP contribution is -2.04. The fourth-order valence-electron chi connectivity index (χ4n) is 1.89. The van der Waals surface area contributed by atoms with Crippen LogP contribution in [0.1, 0.15) is 22.8 Å². The van der Waals surface area contributed by atoms with Crippen LogP contribution < -0.4 is 4.74 Å². The third-order valence-electron chi connectivity index (χ3n) is 2.90. The monoisotopic (exact) mass is 316 g/mol. The van der Waals surface area contributed by atoms with Crippen LogP contribution in [0.2, 0.25) is 0 Å². The Morgan fingerprint density at radius 1 is 1.05 bits per heavy atom. The van der Waals surface area contributed by atoms with Gasteiger partial charge in [-0.2, -0.15) is 0 Å². The normalized spacial score (nSPS) is 10.1. The molecule has 0 bridgehead atoms. The van der Waals surface area contributed by atoms with Gasteiger partial charge in [0.15, 0.2) is 0 Å². The lowest BCUT2D eigenvalue weighted by molar-refractivity contribution is -0.131. The highest BCUT2D eigenvalue weighted by molar-refractivity contribution is 7.98. The van der Waals surface area contributed by atoms with Crippen LogP contribution in [0.15, 0.2) is 53.4 Å². The zero-order valence-corrected chi connectivity index (χ0v) is 13.2. The van der Waals surface area contributed by atoms with E-state index in [0.717, 1.165) is 10.5 Å². The Bertz CT molecular complexity index is 665. The van der Waals surface area contributed by atoms with E-state index in [1.807, 2.05) is 30.3 Å². The highest BCUT2D eigenvalue weighted by atomic mass is 32.2. The molecule has 0 fully saturated rings. The van der Waals surface area contributed by atoms with Crippen LogP contribution in [0.3, 0.4) is 0 Å². The number of carbonyl (C=O) groups is 2. The molecule has 5 heteroatoms. The summed E-state index contributed by atoms with van der Waals surface area (Å²) in [6, 6.07) is 14.6. The van der Waals surface area contributed by atoms with E-state index in [1.165, 1.54) is 14.0 Å². The van der Waals surface area contributed by atoms with Crippen molar-refractivity contribution in [3.8, 4) is 5.75 Å². The van der Waals surface area contributed by atoms with Gasteiger partial charge >= 0.3 is 11.9 Å². The summed E-state index contributed by atoms with van der Waals surface area (Å²) in [6.45, 7) is 1.37. The average molecular weight is 316 g/mol. The highest BCUT2D eigenvalue weighted by Gasteiger charge is 2.11. The molecule has 114 valence electrons. The molecular formula is C17H16O4S. The van der Waals surface area contributed by atoms with Crippen molar-refractivity contribution in [2.45, 2.75) is 17.6 Å². The summed E-state index contributed by atoms with van der Waals surface area (Å²) in [5, 5.41) is 0. The third kappa shape index (κ3) is 4.36. The molecule has 2 aromatic rings. The fourth-order valence-corrected chi connectivity index (χ4v) is 2.79. The second-order valence-electron chi connectivity index (χ2n) is 4.50. The van der Waals surface area contributed by atoms with E-state index in [9.17, 15) is 9.59 Å². The number of methoxy groups -OCH3 is 1. The van der Waals surface area contributed by atoms with E-state index in [1.54, 1.807) is 30.0 Å². The minimum atomic E-state index is -0.340. The molecular weight excluding hydrogens is 300 g/mol. The summed E-state index contributed by atoms with van der Waals surface area (Å²) in [5.74, 6) is 0.499. The van der Waals surface area contributed by atoms with Gasteiger partial charge in [0, 0.05) is 17.6 Å². The number of benzene rings is 2. The largest absolute Gasteiger partial charge is 0.465 e. The molecule has 0 aliphatic heterocycles. The summed E-state index contributed by atoms with van der Waals surface area (Å²) in [6.07, 6.45) is 0. The van der Waals surface area contributed by atoms with E-state index in [2.05, 4.69) is 0 Å². The van der Waals surface area contributed by atoms with E-state index in [4.69, 9.17) is 9.47 Å². The van der Waals surface area contributed by atoms with Crippen LogP contribution in [-0.2, 0) is 15.3 Å². The molecule has 0 aliphatic rings. The summed E-state index contributed by atoms with van der Waals surface area (Å²) < 4.78 is 9.77. The molecule has 0 saturated heterocycles. The van der Waals surface area contributed by atoms with Gasteiger partial charge in [-0.3, -0.25) is 4.79 Å². The van der Waals surface area contributed by atoms with Crippen molar-refractivity contribution in [1.82, 2.24) is 0 Å². The summed E-state index contributed by atoms with van der Waals surface area (Å²) in [7, 11) is 1.38. The second kappa shape index (κ2) is 7.66.